The number of rotatable bonds is 2. The summed E-state index contributed by atoms with van der Waals surface area (Å²) in [6.07, 6.45) is 1.72. The van der Waals surface area contributed by atoms with E-state index in [0.29, 0.717) is 5.75 Å². The molecule has 0 fully saturated rings. The zero-order chi connectivity index (χ0) is 5.54. The molecule has 0 aliphatic rings. The molecule has 0 saturated carbocycles. The summed E-state index contributed by atoms with van der Waals surface area (Å²) in [7, 11) is 0. The molecular formula is C4H4ClNS. The van der Waals surface area contributed by atoms with Gasteiger partial charge in [0.2, 0.25) is 0 Å². The van der Waals surface area contributed by atoms with Gasteiger partial charge in [-0.15, -0.1) is 0 Å². The van der Waals surface area contributed by atoms with Gasteiger partial charge in [0.15, 0.2) is 0 Å². The molecule has 1 nitrogen and oxygen atoms in total. The molecule has 0 aliphatic carbocycles. The highest BCUT2D eigenvalue weighted by Gasteiger charge is 1.72. The number of thioether (sulfide) groups is 1. The van der Waals surface area contributed by atoms with E-state index in [1.54, 1.807) is 6.08 Å². The molecule has 0 bridgehead atoms. The van der Waals surface area contributed by atoms with Gasteiger partial charge in [-0.1, -0.05) is 17.7 Å². The Morgan fingerprint density at radius 1 is 1.86 bits per heavy atom. The molecule has 0 aromatic rings. The van der Waals surface area contributed by atoms with Gasteiger partial charge in [0.1, 0.15) is 5.40 Å². The van der Waals surface area contributed by atoms with Crippen molar-refractivity contribution in [1.82, 2.24) is 0 Å². The molecule has 0 radical (unpaired) electrons. The number of hydrogen-bond donors (Lipinski definition) is 0. The zero-order valence-corrected chi connectivity index (χ0v) is 5.17. The summed E-state index contributed by atoms with van der Waals surface area (Å²) < 4.78 is 0. The molecule has 0 N–H and O–H groups in total. The highest BCUT2D eigenvalue weighted by molar-refractivity contribution is 8.03. The third kappa shape index (κ3) is 5.87. The Labute approximate surface area is 52.0 Å². The lowest BCUT2D eigenvalue weighted by Gasteiger charge is -1.73. The van der Waals surface area contributed by atoms with Gasteiger partial charge in [-0.3, -0.25) is 0 Å². The second kappa shape index (κ2) is 5.87. The van der Waals surface area contributed by atoms with Gasteiger partial charge in [0.25, 0.3) is 0 Å². The third-order valence-electron chi connectivity index (χ3n) is 0.333. The number of thiocyanates is 1. The summed E-state index contributed by atoms with van der Waals surface area (Å²) in [6, 6.07) is 0. The second-order valence-electron chi connectivity index (χ2n) is 0.764. The van der Waals surface area contributed by atoms with Crippen LogP contribution >= 0.6 is 23.4 Å². The maximum Gasteiger partial charge on any atom is 0.133 e. The van der Waals surface area contributed by atoms with Crippen LogP contribution in [0.15, 0.2) is 11.6 Å². The van der Waals surface area contributed by atoms with Crippen LogP contribution < -0.4 is 0 Å². The Kier molecular flexibility index (Phi) is 5.76. The molecule has 7 heavy (non-hydrogen) atoms. The fourth-order valence-electron chi connectivity index (χ4n) is 0.122. The predicted molar refractivity (Wildman–Crippen MR) is 33.1 cm³/mol. The first-order valence-electron chi connectivity index (χ1n) is 1.68. The van der Waals surface area contributed by atoms with Crippen molar-refractivity contribution >= 4 is 23.4 Å². The standard InChI is InChI=1S/C4H4ClNS/c5-2-1-3-7-4-6/h1-2H,3H2/b2-1+. The maximum absolute atomic E-state index is 7.93. The first-order valence-corrected chi connectivity index (χ1v) is 3.10. The van der Waals surface area contributed by atoms with Gasteiger partial charge in [-0.2, -0.15) is 5.26 Å². The van der Waals surface area contributed by atoms with Crippen LogP contribution in [0.25, 0.3) is 0 Å². The lowest BCUT2D eigenvalue weighted by Crippen LogP contribution is -1.59. The lowest BCUT2D eigenvalue weighted by molar-refractivity contribution is 1.57. The van der Waals surface area contributed by atoms with E-state index in [0.717, 1.165) is 0 Å². The normalized spacial score (nSPS) is 9.14. The second-order valence-corrected chi connectivity index (χ2v) is 1.82. The van der Waals surface area contributed by atoms with E-state index < -0.39 is 0 Å². The number of halogens is 1. The van der Waals surface area contributed by atoms with Crippen LogP contribution in [-0.2, 0) is 0 Å². The van der Waals surface area contributed by atoms with Crippen molar-refractivity contribution in [2.75, 3.05) is 5.75 Å². The minimum Gasteiger partial charge on any atom is -0.185 e. The topological polar surface area (TPSA) is 23.8 Å². The average molecular weight is 134 g/mol. The Hall–Kier alpha value is -0.130. The zero-order valence-electron chi connectivity index (χ0n) is 3.60. The SMILES string of the molecule is N#CSC/C=C/Cl. The molecule has 0 heterocycles. The van der Waals surface area contributed by atoms with E-state index in [9.17, 15) is 0 Å². The van der Waals surface area contributed by atoms with Crippen LogP contribution in [0.3, 0.4) is 0 Å². The molecule has 0 spiro atoms. The summed E-state index contributed by atoms with van der Waals surface area (Å²) in [4.78, 5) is 0. The molecule has 0 aromatic carbocycles. The molecule has 0 unspecified atom stereocenters. The van der Waals surface area contributed by atoms with Crippen LogP contribution in [0.1, 0.15) is 0 Å². The van der Waals surface area contributed by atoms with Crippen molar-refractivity contribution in [1.29, 1.82) is 5.26 Å². The molecule has 0 saturated heterocycles. The van der Waals surface area contributed by atoms with Crippen molar-refractivity contribution in [3.63, 3.8) is 0 Å². The third-order valence-corrected chi connectivity index (χ3v) is 1.000. The lowest BCUT2D eigenvalue weighted by atomic mass is 10.8. The molecule has 0 atom stereocenters. The smallest absolute Gasteiger partial charge is 0.133 e. The summed E-state index contributed by atoms with van der Waals surface area (Å²) in [5.74, 6) is 0.681. The number of nitriles is 1. The minimum absolute atomic E-state index is 0.681. The Balaban J connectivity index is 2.87. The molecular weight excluding hydrogens is 130 g/mol. The molecule has 3 heteroatoms. The maximum atomic E-state index is 7.93. The van der Waals surface area contributed by atoms with Crippen molar-refractivity contribution in [3.05, 3.63) is 11.6 Å². The highest BCUT2D eigenvalue weighted by atomic mass is 35.5. The quantitative estimate of drug-likeness (QED) is 0.425. The largest absolute Gasteiger partial charge is 0.185 e. The van der Waals surface area contributed by atoms with Gasteiger partial charge in [-0.05, 0) is 11.8 Å². The number of hydrogen-bond acceptors (Lipinski definition) is 2. The Bertz CT molecular complexity index is 94.4. The molecule has 38 valence electrons. The van der Waals surface area contributed by atoms with E-state index in [1.165, 1.54) is 17.3 Å². The van der Waals surface area contributed by atoms with Crippen molar-refractivity contribution in [2.45, 2.75) is 0 Å². The van der Waals surface area contributed by atoms with Gasteiger partial charge in [0.05, 0.1) is 0 Å². The van der Waals surface area contributed by atoms with Gasteiger partial charge in [0, 0.05) is 11.3 Å². The molecule has 0 rings (SSSR count). The molecule has 0 amide bonds. The number of nitrogens with zero attached hydrogens (tertiary/aromatic N) is 1. The monoisotopic (exact) mass is 133 g/mol. The first-order chi connectivity index (χ1) is 3.41. The van der Waals surface area contributed by atoms with E-state index in [2.05, 4.69) is 0 Å². The fraction of sp³-hybridized carbons (Fsp3) is 0.250. The van der Waals surface area contributed by atoms with Crippen molar-refractivity contribution in [2.24, 2.45) is 0 Å². The van der Waals surface area contributed by atoms with E-state index in [-0.39, 0.29) is 0 Å². The summed E-state index contributed by atoms with van der Waals surface area (Å²) in [5.41, 5.74) is 1.41. The van der Waals surface area contributed by atoms with E-state index in [1.807, 2.05) is 5.40 Å². The van der Waals surface area contributed by atoms with Crippen molar-refractivity contribution in [3.8, 4) is 5.40 Å². The molecule has 0 aromatic heterocycles. The van der Waals surface area contributed by atoms with Crippen LogP contribution in [-0.4, -0.2) is 5.75 Å². The van der Waals surface area contributed by atoms with Crippen LogP contribution in [0, 0.1) is 10.7 Å². The molecule has 0 aliphatic heterocycles. The summed E-state index contributed by atoms with van der Waals surface area (Å²) >= 11 is 6.30. The van der Waals surface area contributed by atoms with Gasteiger partial charge < -0.3 is 0 Å². The fourth-order valence-corrected chi connectivity index (χ4v) is 0.583. The van der Waals surface area contributed by atoms with Crippen LogP contribution in [0.4, 0.5) is 0 Å². The van der Waals surface area contributed by atoms with Crippen molar-refractivity contribution < 1.29 is 0 Å². The first kappa shape index (κ1) is 6.87. The predicted octanol–water partition coefficient (Wildman–Crippen LogP) is 1.95. The highest BCUT2D eigenvalue weighted by Crippen LogP contribution is 1.95. The Morgan fingerprint density at radius 3 is 3.00 bits per heavy atom. The van der Waals surface area contributed by atoms with Crippen LogP contribution in [0.5, 0.6) is 0 Å². The average Bonchev–Trinajstić information content (AvgIpc) is 1.69. The van der Waals surface area contributed by atoms with Crippen LogP contribution in [0.2, 0.25) is 0 Å². The van der Waals surface area contributed by atoms with Gasteiger partial charge in [-0.25, -0.2) is 0 Å². The summed E-state index contributed by atoms with van der Waals surface area (Å²) in [5, 5.41) is 9.84. The Morgan fingerprint density at radius 2 is 2.57 bits per heavy atom. The van der Waals surface area contributed by atoms with E-state index >= 15 is 0 Å². The minimum atomic E-state index is 0.681. The van der Waals surface area contributed by atoms with Gasteiger partial charge >= 0.3 is 0 Å². The summed E-state index contributed by atoms with van der Waals surface area (Å²) in [6.45, 7) is 0. The van der Waals surface area contributed by atoms with E-state index in [4.69, 9.17) is 16.9 Å².